The molecule has 4 heterocycles. The lowest BCUT2D eigenvalue weighted by Gasteiger charge is -2.33. The first-order chi connectivity index (χ1) is 12.5. The largest absolute Gasteiger partial charge is 0.356 e. The van der Waals surface area contributed by atoms with E-state index < -0.39 is 0 Å². The molecular formula is C18H23N7O. The van der Waals surface area contributed by atoms with Crippen molar-refractivity contribution in [2.75, 3.05) is 18.0 Å². The van der Waals surface area contributed by atoms with Gasteiger partial charge in [-0.2, -0.15) is 14.7 Å². The summed E-state index contributed by atoms with van der Waals surface area (Å²) in [6.07, 6.45) is 3.56. The van der Waals surface area contributed by atoms with Crippen LogP contribution < -0.4 is 10.2 Å². The smallest absolute Gasteiger partial charge is 0.269 e. The number of rotatable bonds is 3. The zero-order chi connectivity index (χ0) is 18.3. The summed E-state index contributed by atoms with van der Waals surface area (Å²) in [4.78, 5) is 19.3. The van der Waals surface area contributed by atoms with Crippen LogP contribution in [0, 0.1) is 13.8 Å². The fourth-order valence-electron chi connectivity index (χ4n) is 3.58. The van der Waals surface area contributed by atoms with E-state index in [2.05, 4.69) is 31.5 Å². The number of carbonyl (C=O) groups is 1. The Kier molecular flexibility index (Phi) is 4.10. The molecule has 1 saturated heterocycles. The maximum atomic E-state index is 12.5. The second-order valence-corrected chi connectivity index (χ2v) is 6.89. The maximum absolute atomic E-state index is 12.5. The molecule has 1 aliphatic heterocycles. The van der Waals surface area contributed by atoms with E-state index in [0.29, 0.717) is 5.69 Å². The Balaban J connectivity index is 1.43. The highest BCUT2D eigenvalue weighted by molar-refractivity contribution is 5.92. The normalized spacial score (nSPS) is 15.6. The first kappa shape index (κ1) is 16.6. The second-order valence-electron chi connectivity index (χ2n) is 6.89. The molecule has 0 unspecified atom stereocenters. The van der Waals surface area contributed by atoms with Gasteiger partial charge in [-0.3, -0.25) is 9.48 Å². The topological polar surface area (TPSA) is 80.4 Å². The second kappa shape index (κ2) is 6.44. The summed E-state index contributed by atoms with van der Waals surface area (Å²) in [6.45, 7) is 5.63. The third-order valence-corrected chi connectivity index (χ3v) is 4.86. The molecule has 1 N–H and O–H groups in total. The van der Waals surface area contributed by atoms with Crippen LogP contribution >= 0.6 is 0 Å². The molecule has 0 spiro atoms. The Morgan fingerprint density at radius 3 is 2.65 bits per heavy atom. The van der Waals surface area contributed by atoms with Crippen molar-refractivity contribution in [3.05, 3.63) is 41.5 Å². The van der Waals surface area contributed by atoms with Crippen LogP contribution in [0.15, 0.2) is 24.4 Å². The molecule has 0 aliphatic carbocycles. The van der Waals surface area contributed by atoms with Crippen molar-refractivity contribution < 1.29 is 4.79 Å². The molecule has 0 aromatic carbocycles. The van der Waals surface area contributed by atoms with Crippen LogP contribution in [0.3, 0.4) is 0 Å². The van der Waals surface area contributed by atoms with Gasteiger partial charge in [0.15, 0.2) is 5.65 Å². The van der Waals surface area contributed by atoms with Gasteiger partial charge >= 0.3 is 0 Å². The molecule has 3 aromatic heterocycles. The van der Waals surface area contributed by atoms with Crippen molar-refractivity contribution in [2.45, 2.75) is 32.7 Å². The van der Waals surface area contributed by atoms with Crippen LogP contribution in [-0.2, 0) is 7.05 Å². The fourth-order valence-corrected chi connectivity index (χ4v) is 3.58. The minimum absolute atomic E-state index is 0.0548. The number of carbonyl (C=O) groups excluding carboxylic acids is 1. The predicted octanol–water partition coefficient (Wildman–Crippen LogP) is 1.48. The molecule has 1 fully saturated rings. The number of piperidine rings is 1. The van der Waals surface area contributed by atoms with Crippen molar-refractivity contribution in [1.29, 1.82) is 0 Å². The molecule has 8 nitrogen and oxygen atoms in total. The average Bonchev–Trinajstić information content (AvgIpc) is 3.20. The van der Waals surface area contributed by atoms with Gasteiger partial charge in [-0.1, -0.05) is 0 Å². The molecule has 3 aromatic rings. The predicted molar refractivity (Wildman–Crippen MR) is 98.4 cm³/mol. The number of nitrogens with zero attached hydrogens (tertiary/aromatic N) is 6. The molecule has 136 valence electrons. The molecule has 1 aliphatic rings. The molecular weight excluding hydrogens is 330 g/mol. The number of aryl methyl sites for hydroxylation is 3. The van der Waals surface area contributed by atoms with Gasteiger partial charge in [-0.25, -0.2) is 4.98 Å². The summed E-state index contributed by atoms with van der Waals surface area (Å²) >= 11 is 0. The highest BCUT2D eigenvalue weighted by Crippen LogP contribution is 2.21. The van der Waals surface area contributed by atoms with E-state index >= 15 is 0 Å². The Labute approximate surface area is 151 Å². The Bertz CT molecular complexity index is 950. The third kappa shape index (κ3) is 3.02. The van der Waals surface area contributed by atoms with Gasteiger partial charge in [0.25, 0.3) is 5.91 Å². The standard InChI is InChI=1S/C18H23N7O/c1-12-11-17(25-16(20-12)4-7-19-25)24-8-5-14(6-9-24)21-18(26)15-10-13(2)22-23(15)3/h4,7,10-11,14H,5-6,8-9H2,1-3H3,(H,21,26). The quantitative estimate of drug-likeness (QED) is 0.771. The Hall–Kier alpha value is -2.90. The molecule has 0 saturated carbocycles. The summed E-state index contributed by atoms with van der Waals surface area (Å²) < 4.78 is 3.51. The first-order valence-electron chi connectivity index (χ1n) is 8.89. The molecule has 1 amide bonds. The van der Waals surface area contributed by atoms with E-state index in [9.17, 15) is 4.79 Å². The van der Waals surface area contributed by atoms with Crippen LogP contribution in [0.4, 0.5) is 5.82 Å². The third-order valence-electron chi connectivity index (χ3n) is 4.86. The van der Waals surface area contributed by atoms with Crippen LogP contribution in [0.5, 0.6) is 0 Å². The lowest BCUT2D eigenvalue weighted by molar-refractivity contribution is 0.0921. The SMILES string of the molecule is Cc1cc(N2CCC(NC(=O)c3cc(C)nn3C)CC2)n2nccc2n1. The van der Waals surface area contributed by atoms with Crippen molar-refractivity contribution in [1.82, 2.24) is 29.7 Å². The molecule has 26 heavy (non-hydrogen) atoms. The van der Waals surface area contributed by atoms with E-state index in [0.717, 1.165) is 48.8 Å². The van der Waals surface area contributed by atoms with Gasteiger partial charge in [0.2, 0.25) is 0 Å². The summed E-state index contributed by atoms with van der Waals surface area (Å²) in [5.74, 6) is 1.00. The van der Waals surface area contributed by atoms with E-state index in [-0.39, 0.29) is 11.9 Å². The molecule has 0 atom stereocenters. The number of aromatic nitrogens is 5. The number of hydrogen-bond acceptors (Lipinski definition) is 5. The summed E-state index contributed by atoms with van der Waals surface area (Å²) in [5, 5.41) is 11.8. The highest BCUT2D eigenvalue weighted by atomic mass is 16.2. The van der Waals surface area contributed by atoms with Crippen LogP contribution in [0.2, 0.25) is 0 Å². The lowest BCUT2D eigenvalue weighted by Crippen LogP contribution is -2.45. The van der Waals surface area contributed by atoms with Gasteiger partial charge in [0, 0.05) is 44.0 Å². The minimum Gasteiger partial charge on any atom is -0.356 e. The van der Waals surface area contributed by atoms with E-state index in [1.54, 1.807) is 17.9 Å². The zero-order valence-electron chi connectivity index (χ0n) is 15.3. The van der Waals surface area contributed by atoms with Crippen molar-refractivity contribution in [3.63, 3.8) is 0 Å². The number of amides is 1. The fraction of sp³-hybridized carbons (Fsp3) is 0.444. The monoisotopic (exact) mass is 353 g/mol. The van der Waals surface area contributed by atoms with E-state index in [4.69, 9.17) is 0 Å². The first-order valence-corrected chi connectivity index (χ1v) is 8.89. The maximum Gasteiger partial charge on any atom is 0.269 e. The van der Waals surface area contributed by atoms with Gasteiger partial charge in [-0.15, -0.1) is 0 Å². The van der Waals surface area contributed by atoms with Crippen LogP contribution in [0.1, 0.15) is 34.7 Å². The average molecular weight is 353 g/mol. The number of hydrogen-bond donors (Lipinski definition) is 1. The molecule has 4 rings (SSSR count). The highest BCUT2D eigenvalue weighted by Gasteiger charge is 2.24. The summed E-state index contributed by atoms with van der Waals surface area (Å²) in [5.41, 5.74) is 3.30. The summed E-state index contributed by atoms with van der Waals surface area (Å²) in [7, 11) is 1.80. The number of anilines is 1. The summed E-state index contributed by atoms with van der Waals surface area (Å²) in [6, 6.07) is 5.97. The van der Waals surface area contributed by atoms with Crippen molar-refractivity contribution >= 4 is 17.4 Å². The Morgan fingerprint density at radius 1 is 1.19 bits per heavy atom. The van der Waals surface area contributed by atoms with Gasteiger partial charge < -0.3 is 10.2 Å². The van der Waals surface area contributed by atoms with Gasteiger partial charge in [-0.05, 0) is 32.8 Å². The van der Waals surface area contributed by atoms with E-state index in [1.807, 2.05) is 30.5 Å². The van der Waals surface area contributed by atoms with Crippen LogP contribution in [0.25, 0.3) is 5.65 Å². The number of fused-ring (bicyclic) bond motifs is 1. The Morgan fingerprint density at radius 2 is 1.96 bits per heavy atom. The molecule has 0 bridgehead atoms. The van der Waals surface area contributed by atoms with E-state index in [1.165, 1.54) is 0 Å². The van der Waals surface area contributed by atoms with Gasteiger partial charge in [0.1, 0.15) is 11.5 Å². The molecule has 8 heteroatoms. The number of nitrogens with one attached hydrogen (secondary N) is 1. The van der Waals surface area contributed by atoms with Crippen LogP contribution in [-0.4, -0.2) is 49.4 Å². The molecule has 0 radical (unpaired) electrons. The van der Waals surface area contributed by atoms with Crippen molar-refractivity contribution in [2.24, 2.45) is 7.05 Å². The van der Waals surface area contributed by atoms with Gasteiger partial charge in [0.05, 0.1) is 11.9 Å². The minimum atomic E-state index is -0.0548. The van der Waals surface area contributed by atoms with Crippen molar-refractivity contribution in [3.8, 4) is 0 Å². The zero-order valence-corrected chi connectivity index (χ0v) is 15.3. The lowest BCUT2D eigenvalue weighted by atomic mass is 10.0.